The molecule has 2 rings (SSSR count). The van der Waals surface area contributed by atoms with Crippen molar-refractivity contribution < 1.29 is 0 Å². The van der Waals surface area contributed by atoms with Gasteiger partial charge in [-0.15, -0.1) is 0 Å². The molecule has 1 N–H and O–H groups in total. The highest BCUT2D eigenvalue weighted by Gasteiger charge is 2.34. The molecule has 1 aliphatic carbocycles. The average Bonchev–Trinajstić information content (AvgIpc) is 2.94. The highest BCUT2D eigenvalue weighted by atomic mass is 15.3. The summed E-state index contributed by atoms with van der Waals surface area (Å²) in [5, 5.41) is 8.16. The van der Waals surface area contributed by atoms with Crippen molar-refractivity contribution in [3.63, 3.8) is 0 Å². The second-order valence-electron chi connectivity index (χ2n) is 5.58. The highest BCUT2D eigenvalue weighted by molar-refractivity contribution is 5.13. The Bertz CT molecular complexity index is 358. The van der Waals surface area contributed by atoms with Crippen LogP contribution in [0.4, 0.5) is 0 Å². The Hall–Kier alpha value is -0.830. The summed E-state index contributed by atoms with van der Waals surface area (Å²) in [6, 6.07) is 2.92. The molecule has 3 atom stereocenters. The molecule has 1 aromatic rings. The van der Waals surface area contributed by atoms with Gasteiger partial charge in [-0.05, 0) is 44.2 Å². The number of hydrogen-bond donors (Lipinski definition) is 1. The highest BCUT2D eigenvalue weighted by Crippen LogP contribution is 2.39. The van der Waals surface area contributed by atoms with Gasteiger partial charge in [0.15, 0.2) is 0 Å². The van der Waals surface area contributed by atoms with E-state index in [0.29, 0.717) is 12.0 Å². The van der Waals surface area contributed by atoms with Crippen LogP contribution in [0.15, 0.2) is 12.3 Å². The number of aryl methyl sites for hydroxylation is 1. The van der Waals surface area contributed by atoms with Gasteiger partial charge in [-0.2, -0.15) is 5.10 Å². The van der Waals surface area contributed by atoms with Gasteiger partial charge in [-0.1, -0.05) is 20.8 Å². The fraction of sp³-hybridized carbons (Fsp3) is 0.800. The lowest BCUT2D eigenvalue weighted by Crippen LogP contribution is -2.33. The van der Waals surface area contributed by atoms with E-state index in [1.807, 2.05) is 6.20 Å². The van der Waals surface area contributed by atoms with Gasteiger partial charge in [0.05, 0.1) is 0 Å². The first-order chi connectivity index (χ1) is 8.77. The Morgan fingerprint density at radius 2 is 2.17 bits per heavy atom. The maximum absolute atomic E-state index is 4.47. The molecule has 0 bridgehead atoms. The molecular formula is C15H27N3. The van der Waals surface area contributed by atoms with E-state index in [-0.39, 0.29) is 0 Å². The van der Waals surface area contributed by atoms with Crippen molar-refractivity contribution in [3.05, 3.63) is 18.0 Å². The van der Waals surface area contributed by atoms with Crippen LogP contribution in [0.25, 0.3) is 0 Å². The van der Waals surface area contributed by atoms with Crippen LogP contribution in [-0.2, 0) is 6.54 Å². The Balaban J connectivity index is 2.03. The third-order valence-corrected chi connectivity index (χ3v) is 4.28. The topological polar surface area (TPSA) is 29.9 Å². The molecule has 18 heavy (non-hydrogen) atoms. The molecule has 0 aromatic carbocycles. The average molecular weight is 249 g/mol. The van der Waals surface area contributed by atoms with Crippen molar-refractivity contribution in [2.45, 2.75) is 65.0 Å². The van der Waals surface area contributed by atoms with Gasteiger partial charge in [0, 0.05) is 30.4 Å². The molecule has 1 aromatic heterocycles. The van der Waals surface area contributed by atoms with Crippen molar-refractivity contribution in [2.24, 2.45) is 5.92 Å². The van der Waals surface area contributed by atoms with Gasteiger partial charge < -0.3 is 5.32 Å². The summed E-state index contributed by atoms with van der Waals surface area (Å²) in [6.45, 7) is 9.05. The number of nitrogens with one attached hydrogen (secondary N) is 1. The van der Waals surface area contributed by atoms with E-state index in [1.165, 1.54) is 25.0 Å². The van der Waals surface area contributed by atoms with Crippen LogP contribution in [0, 0.1) is 5.92 Å². The first-order valence-electron chi connectivity index (χ1n) is 7.53. The zero-order chi connectivity index (χ0) is 13.0. The van der Waals surface area contributed by atoms with Crippen molar-refractivity contribution in [1.29, 1.82) is 0 Å². The van der Waals surface area contributed by atoms with E-state index in [9.17, 15) is 0 Å². The third-order valence-electron chi connectivity index (χ3n) is 4.28. The quantitative estimate of drug-likeness (QED) is 0.839. The van der Waals surface area contributed by atoms with Crippen LogP contribution in [0.2, 0.25) is 0 Å². The lowest BCUT2D eigenvalue weighted by atomic mass is 9.92. The fourth-order valence-electron chi connectivity index (χ4n) is 3.26. The maximum atomic E-state index is 4.47. The van der Waals surface area contributed by atoms with Gasteiger partial charge >= 0.3 is 0 Å². The molecule has 102 valence electrons. The number of rotatable bonds is 6. The van der Waals surface area contributed by atoms with E-state index in [4.69, 9.17) is 0 Å². The van der Waals surface area contributed by atoms with Crippen LogP contribution in [0.1, 0.15) is 58.1 Å². The van der Waals surface area contributed by atoms with Crippen molar-refractivity contribution in [3.8, 4) is 0 Å². The smallest absolute Gasteiger partial charge is 0.0492 e. The number of hydrogen-bond acceptors (Lipinski definition) is 2. The van der Waals surface area contributed by atoms with E-state index >= 15 is 0 Å². The second-order valence-corrected chi connectivity index (χ2v) is 5.58. The standard InChI is InChI=1S/C15H27N3/c1-4-9-16-14-7-6-13(12(14)3)15-8-10-17-18(15)11-5-2/h8,10,12-14,16H,4-7,9,11H2,1-3H3. The van der Waals surface area contributed by atoms with Gasteiger partial charge in [-0.25, -0.2) is 0 Å². The lowest BCUT2D eigenvalue weighted by molar-refractivity contribution is 0.391. The largest absolute Gasteiger partial charge is 0.314 e. The summed E-state index contributed by atoms with van der Waals surface area (Å²) >= 11 is 0. The molecule has 3 unspecified atom stereocenters. The van der Waals surface area contributed by atoms with Crippen molar-refractivity contribution >= 4 is 0 Å². The van der Waals surface area contributed by atoms with Gasteiger partial charge in [0.1, 0.15) is 0 Å². The summed E-state index contributed by atoms with van der Waals surface area (Å²) in [5.41, 5.74) is 1.45. The molecule has 3 heteroatoms. The predicted molar refractivity (Wildman–Crippen MR) is 75.7 cm³/mol. The van der Waals surface area contributed by atoms with E-state index in [2.05, 4.69) is 41.9 Å². The Morgan fingerprint density at radius 3 is 2.89 bits per heavy atom. The minimum Gasteiger partial charge on any atom is -0.314 e. The van der Waals surface area contributed by atoms with Crippen LogP contribution in [0.3, 0.4) is 0 Å². The zero-order valence-electron chi connectivity index (χ0n) is 12.0. The van der Waals surface area contributed by atoms with Crippen LogP contribution in [0.5, 0.6) is 0 Å². The number of aromatic nitrogens is 2. The summed E-state index contributed by atoms with van der Waals surface area (Å²) in [4.78, 5) is 0. The summed E-state index contributed by atoms with van der Waals surface area (Å²) in [7, 11) is 0. The van der Waals surface area contributed by atoms with E-state index in [0.717, 1.165) is 25.4 Å². The molecule has 0 radical (unpaired) electrons. The molecule has 1 aliphatic rings. The van der Waals surface area contributed by atoms with Gasteiger partial charge in [-0.3, -0.25) is 4.68 Å². The molecule has 0 aliphatic heterocycles. The Kier molecular flexibility index (Phi) is 4.81. The lowest BCUT2D eigenvalue weighted by Gasteiger charge is -2.22. The minimum atomic E-state index is 0.688. The molecule has 1 saturated carbocycles. The first kappa shape index (κ1) is 13.6. The molecule has 0 saturated heterocycles. The molecule has 0 spiro atoms. The normalized spacial score (nSPS) is 27.8. The fourth-order valence-corrected chi connectivity index (χ4v) is 3.26. The third kappa shape index (κ3) is 2.77. The van der Waals surface area contributed by atoms with Crippen LogP contribution in [-0.4, -0.2) is 22.4 Å². The molecule has 1 heterocycles. The molecule has 3 nitrogen and oxygen atoms in total. The molecular weight excluding hydrogens is 222 g/mol. The van der Waals surface area contributed by atoms with Crippen molar-refractivity contribution in [2.75, 3.05) is 6.54 Å². The van der Waals surface area contributed by atoms with Crippen molar-refractivity contribution in [1.82, 2.24) is 15.1 Å². The van der Waals surface area contributed by atoms with E-state index < -0.39 is 0 Å². The van der Waals surface area contributed by atoms with Crippen LogP contribution < -0.4 is 5.32 Å². The van der Waals surface area contributed by atoms with Gasteiger partial charge in [0.2, 0.25) is 0 Å². The zero-order valence-corrected chi connectivity index (χ0v) is 12.0. The Labute approximate surface area is 111 Å². The maximum Gasteiger partial charge on any atom is 0.0492 e. The monoisotopic (exact) mass is 249 g/mol. The Morgan fingerprint density at radius 1 is 1.33 bits per heavy atom. The van der Waals surface area contributed by atoms with Crippen LogP contribution >= 0.6 is 0 Å². The summed E-state index contributed by atoms with van der Waals surface area (Å²) in [5.74, 6) is 1.41. The summed E-state index contributed by atoms with van der Waals surface area (Å²) in [6.07, 6.45) is 6.96. The summed E-state index contributed by atoms with van der Waals surface area (Å²) < 4.78 is 2.21. The number of nitrogens with zero attached hydrogens (tertiary/aromatic N) is 2. The van der Waals surface area contributed by atoms with E-state index in [1.54, 1.807) is 0 Å². The SMILES string of the molecule is CCCNC1CCC(c2ccnn2CCC)C1C. The minimum absolute atomic E-state index is 0.688. The molecule has 0 amide bonds. The van der Waals surface area contributed by atoms with Gasteiger partial charge in [0.25, 0.3) is 0 Å². The second kappa shape index (κ2) is 6.37. The first-order valence-corrected chi connectivity index (χ1v) is 7.53. The molecule has 1 fully saturated rings. The predicted octanol–water partition coefficient (Wildman–Crippen LogP) is 3.17.